The lowest BCUT2D eigenvalue weighted by atomic mass is 10.3. The number of benzene rings is 1. The number of hydrogen-bond donors (Lipinski definition) is 2. The van der Waals surface area contributed by atoms with E-state index in [0.29, 0.717) is 17.7 Å². The van der Waals surface area contributed by atoms with Crippen molar-refractivity contribution in [2.24, 2.45) is 4.99 Å². The van der Waals surface area contributed by atoms with Gasteiger partial charge in [-0.05, 0) is 37.1 Å². The molecule has 1 aliphatic heterocycles. The summed E-state index contributed by atoms with van der Waals surface area (Å²) in [7, 11) is 1.79. The van der Waals surface area contributed by atoms with E-state index in [4.69, 9.17) is 16.3 Å². The Morgan fingerprint density at radius 3 is 2.93 bits per heavy atom. The molecule has 27 heavy (non-hydrogen) atoms. The van der Waals surface area contributed by atoms with Crippen molar-refractivity contribution >= 4 is 23.4 Å². The summed E-state index contributed by atoms with van der Waals surface area (Å²) in [6, 6.07) is 13.9. The molecule has 2 N–H and O–H groups in total. The van der Waals surface area contributed by atoms with Gasteiger partial charge in [0, 0.05) is 38.9 Å². The summed E-state index contributed by atoms with van der Waals surface area (Å²) >= 11 is 6.26. The number of nitrogens with zero attached hydrogens (tertiary/aromatic N) is 3. The van der Waals surface area contributed by atoms with Gasteiger partial charge < -0.3 is 20.3 Å². The maximum atomic E-state index is 6.26. The van der Waals surface area contributed by atoms with Gasteiger partial charge in [0.2, 0.25) is 0 Å². The van der Waals surface area contributed by atoms with Gasteiger partial charge in [-0.2, -0.15) is 0 Å². The van der Waals surface area contributed by atoms with Gasteiger partial charge in [0.25, 0.3) is 0 Å². The summed E-state index contributed by atoms with van der Waals surface area (Å²) in [6.07, 6.45) is 3.70. The van der Waals surface area contributed by atoms with Crippen LogP contribution in [-0.2, 0) is 0 Å². The third-order valence-electron chi connectivity index (χ3n) is 4.42. The van der Waals surface area contributed by atoms with E-state index in [-0.39, 0.29) is 0 Å². The Bertz CT molecular complexity index is 740. The molecule has 0 radical (unpaired) electrons. The second-order valence-electron chi connectivity index (χ2n) is 6.40. The zero-order valence-electron chi connectivity index (χ0n) is 15.6. The predicted molar refractivity (Wildman–Crippen MR) is 111 cm³/mol. The van der Waals surface area contributed by atoms with Crippen molar-refractivity contribution in [2.75, 3.05) is 38.2 Å². The first-order valence-electron chi connectivity index (χ1n) is 9.27. The van der Waals surface area contributed by atoms with E-state index in [2.05, 4.69) is 25.5 Å². The van der Waals surface area contributed by atoms with Gasteiger partial charge in [0.1, 0.15) is 11.6 Å². The average molecular weight is 388 g/mol. The molecule has 1 aromatic carbocycles. The highest BCUT2D eigenvalue weighted by Gasteiger charge is 2.25. The van der Waals surface area contributed by atoms with Crippen molar-refractivity contribution in [3.05, 3.63) is 53.7 Å². The molecule has 0 spiro atoms. The van der Waals surface area contributed by atoms with Crippen LogP contribution in [0.1, 0.15) is 12.8 Å². The van der Waals surface area contributed by atoms with Gasteiger partial charge in [-0.3, -0.25) is 4.99 Å². The molecule has 0 amide bonds. The molecule has 0 aliphatic carbocycles. The summed E-state index contributed by atoms with van der Waals surface area (Å²) in [6.45, 7) is 3.25. The van der Waals surface area contributed by atoms with Crippen LogP contribution in [0.2, 0.25) is 5.02 Å². The first kappa shape index (κ1) is 19.3. The van der Waals surface area contributed by atoms with Crippen molar-refractivity contribution in [1.29, 1.82) is 0 Å². The van der Waals surface area contributed by atoms with Gasteiger partial charge in [0.15, 0.2) is 5.96 Å². The van der Waals surface area contributed by atoms with Crippen LogP contribution in [0.4, 0.5) is 5.82 Å². The molecule has 1 unspecified atom stereocenters. The van der Waals surface area contributed by atoms with Crippen LogP contribution in [-0.4, -0.2) is 50.3 Å². The van der Waals surface area contributed by atoms with Crippen LogP contribution in [0, 0.1) is 0 Å². The predicted octanol–water partition coefficient (Wildman–Crippen LogP) is 2.95. The van der Waals surface area contributed by atoms with Gasteiger partial charge in [-0.25, -0.2) is 4.98 Å². The number of halogens is 1. The van der Waals surface area contributed by atoms with E-state index < -0.39 is 0 Å². The fourth-order valence-electron chi connectivity index (χ4n) is 3.05. The first-order valence-corrected chi connectivity index (χ1v) is 9.64. The summed E-state index contributed by atoms with van der Waals surface area (Å²) in [5.74, 6) is 2.57. The van der Waals surface area contributed by atoms with Gasteiger partial charge in [-0.15, -0.1) is 0 Å². The molecular weight excluding hydrogens is 362 g/mol. The number of guanidine groups is 1. The standard InChI is InChI=1S/C20H26ClN5O/c1-22-20(24-12-6-14-27-17-7-3-2-4-8-17)25-16-10-13-26(15-16)19-18(21)9-5-11-23-19/h2-5,7-9,11,16H,6,10,12-15H2,1H3,(H2,22,24,25). The van der Waals surface area contributed by atoms with E-state index in [1.807, 2.05) is 42.5 Å². The number of ether oxygens (including phenoxy) is 1. The highest BCUT2D eigenvalue weighted by Crippen LogP contribution is 2.25. The van der Waals surface area contributed by atoms with E-state index >= 15 is 0 Å². The van der Waals surface area contributed by atoms with E-state index in [1.54, 1.807) is 13.2 Å². The quantitative estimate of drug-likeness (QED) is 0.434. The van der Waals surface area contributed by atoms with Crippen molar-refractivity contribution in [1.82, 2.24) is 15.6 Å². The summed E-state index contributed by atoms with van der Waals surface area (Å²) in [5.41, 5.74) is 0. The monoisotopic (exact) mass is 387 g/mol. The lowest BCUT2D eigenvalue weighted by Crippen LogP contribution is -2.45. The van der Waals surface area contributed by atoms with Crippen LogP contribution < -0.4 is 20.3 Å². The number of anilines is 1. The third-order valence-corrected chi connectivity index (χ3v) is 4.71. The normalized spacial score (nSPS) is 17.0. The van der Waals surface area contributed by atoms with E-state index in [1.165, 1.54) is 0 Å². The molecule has 1 atom stereocenters. The molecule has 1 aromatic heterocycles. The molecule has 1 saturated heterocycles. The number of rotatable bonds is 7. The Kier molecular flexibility index (Phi) is 7.16. The van der Waals surface area contributed by atoms with Crippen molar-refractivity contribution in [3.63, 3.8) is 0 Å². The van der Waals surface area contributed by atoms with E-state index in [0.717, 1.165) is 50.0 Å². The Balaban J connectivity index is 1.37. The molecule has 1 fully saturated rings. The Labute approximate surface area is 165 Å². The molecule has 7 heteroatoms. The van der Waals surface area contributed by atoms with Crippen molar-refractivity contribution in [3.8, 4) is 5.75 Å². The van der Waals surface area contributed by atoms with Crippen LogP contribution in [0.15, 0.2) is 53.7 Å². The van der Waals surface area contributed by atoms with Crippen LogP contribution in [0.3, 0.4) is 0 Å². The Morgan fingerprint density at radius 2 is 2.15 bits per heavy atom. The number of aliphatic imine (C=N–C) groups is 1. The molecule has 3 rings (SSSR count). The van der Waals surface area contributed by atoms with Gasteiger partial charge >= 0.3 is 0 Å². The SMILES string of the molecule is CN=C(NCCCOc1ccccc1)NC1CCN(c2ncccc2Cl)C1. The highest BCUT2D eigenvalue weighted by atomic mass is 35.5. The van der Waals surface area contributed by atoms with Crippen LogP contribution >= 0.6 is 11.6 Å². The molecule has 2 heterocycles. The number of hydrogen-bond acceptors (Lipinski definition) is 4. The molecule has 0 saturated carbocycles. The average Bonchev–Trinajstić information content (AvgIpc) is 3.16. The van der Waals surface area contributed by atoms with Crippen LogP contribution in [0.25, 0.3) is 0 Å². The minimum atomic E-state index is 0.315. The third kappa shape index (κ3) is 5.76. The molecular formula is C20H26ClN5O. The maximum absolute atomic E-state index is 6.26. The topological polar surface area (TPSA) is 61.8 Å². The lowest BCUT2D eigenvalue weighted by Gasteiger charge is -2.20. The highest BCUT2D eigenvalue weighted by molar-refractivity contribution is 6.32. The largest absolute Gasteiger partial charge is 0.494 e. The second kappa shape index (κ2) is 10.0. The smallest absolute Gasteiger partial charge is 0.191 e. The van der Waals surface area contributed by atoms with E-state index in [9.17, 15) is 0 Å². The fraction of sp³-hybridized carbons (Fsp3) is 0.400. The number of nitrogens with one attached hydrogen (secondary N) is 2. The molecule has 144 valence electrons. The zero-order valence-corrected chi connectivity index (χ0v) is 16.3. The number of aromatic nitrogens is 1. The van der Waals surface area contributed by atoms with Gasteiger partial charge in [-0.1, -0.05) is 29.8 Å². The Hall–Kier alpha value is -2.47. The summed E-state index contributed by atoms with van der Waals surface area (Å²) < 4.78 is 5.70. The Morgan fingerprint density at radius 1 is 1.30 bits per heavy atom. The first-order chi connectivity index (χ1) is 13.3. The molecule has 1 aliphatic rings. The lowest BCUT2D eigenvalue weighted by molar-refractivity contribution is 0.311. The second-order valence-corrected chi connectivity index (χ2v) is 6.81. The summed E-state index contributed by atoms with van der Waals surface area (Å²) in [5, 5.41) is 7.52. The van der Waals surface area contributed by atoms with Gasteiger partial charge in [0.05, 0.1) is 11.6 Å². The maximum Gasteiger partial charge on any atom is 0.191 e. The molecule has 0 bridgehead atoms. The molecule has 6 nitrogen and oxygen atoms in total. The molecule has 2 aromatic rings. The van der Waals surface area contributed by atoms with Crippen molar-refractivity contribution < 1.29 is 4.74 Å². The zero-order chi connectivity index (χ0) is 18.9. The number of pyridine rings is 1. The minimum Gasteiger partial charge on any atom is -0.494 e. The minimum absolute atomic E-state index is 0.315. The summed E-state index contributed by atoms with van der Waals surface area (Å²) in [4.78, 5) is 10.9. The van der Waals surface area contributed by atoms with Crippen molar-refractivity contribution in [2.45, 2.75) is 18.9 Å². The van der Waals surface area contributed by atoms with Crippen LogP contribution in [0.5, 0.6) is 5.75 Å². The fourth-order valence-corrected chi connectivity index (χ4v) is 3.30. The number of para-hydroxylation sites is 1.